The van der Waals surface area contributed by atoms with Gasteiger partial charge in [-0.2, -0.15) is 0 Å². The quantitative estimate of drug-likeness (QED) is 0.123. The van der Waals surface area contributed by atoms with E-state index in [9.17, 15) is 29.4 Å². The van der Waals surface area contributed by atoms with Gasteiger partial charge in [-0.05, 0) is 86.3 Å². The number of carboxylic acids is 2. The molecule has 10 heteroatoms. The summed E-state index contributed by atoms with van der Waals surface area (Å²) in [6.45, 7) is 11.0. The smallest absolute Gasteiger partial charge is 0.340 e. The van der Waals surface area contributed by atoms with E-state index in [-0.39, 0.29) is 29.1 Å². The molecule has 0 aliphatic carbocycles. The summed E-state index contributed by atoms with van der Waals surface area (Å²) in [5.41, 5.74) is -0.100. The molecule has 3 rings (SSSR count). The summed E-state index contributed by atoms with van der Waals surface area (Å²) in [5, 5.41) is 19.8. The normalized spacial score (nSPS) is 10.8. The Labute approximate surface area is 283 Å². The Kier molecular flexibility index (Phi) is 14.9. The minimum absolute atomic E-state index is 0.0329. The minimum Gasteiger partial charge on any atom is -0.478 e. The lowest BCUT2D eigenvalue weighted by atomic mass is 10.1. The molecule has 0 saturated carbocycles. The van der Waals surface area contributed by atoms with Crippen molar-refractivity contribution in [2.45, 2.75) is 79.1 Å². The number of hydrogen-bond donors (Lipinski definition) is 2. The van der Waals surface area contributed by atoms with Gasteiger partial charge in [-0.15, -0.1) is 0 Å². The fourth-order valence-electron chi connectivity index (χ4n) is 5.10. The standard InChI is InChI=1S/C38H48N2O8/c1-5-9-23-39(24-10-6-2)35(41)27-13-17-29(18-14-27)47-32-22-21-31(37(43)44)33(38(45)46)34(32)48-30-19-15-28(16-20-30)36(42)40(25-11-7-3)26-12-8-4/h13-22H,5-12,23-26H2,1-4H3,(H,43,44)(H,45,46). The maximum absolute atomic E-state index is 13.2. The summed E-state index contributed by atoms with van der Waals surface area (Å²) in [6, 6.07) is 15.3. The predicted octanol–water partition coefficient (Wildman–Crippen LogP) is 8.75. The Hall–Kier alpha value is -4.86. The topological polar surface area (TPSA) is 134 Å². The summed E-state index contributed by atoms with van der Waals surface area (Å²) in [6.07, 6.45) is 7.50. The Bertz CT molecular complexity index is 1500. The zero-order chi connectivity index (χ0) is 35.1. The number of carbonyl (C=O) groups is 4. The summed E-state index contributed by atoms with van der Waals surface area (Å²) >= 11 is 0. The molecule has 0 radical (unpaired) electrons. The zero-order valence-electron chi connectivity index (χ0n) is 28.5. The largest absolute Gasteiger partial charge is 0.478 e. The maximum atomic E-state index is 13.2. The van der Waals surface area contributed by atoms with Crippen molar-refractivity contribution in [1.82, 2.24) is 9.80 Å². The van der Waals surface area contributed by atoms with Gasteiger partial charge in [0, 0.05) is 37.3 Å². The number of rotatable bonds is 20. The van der Waals surface area contributed by atoms with Crippen molar-refractivity contribution in [3.63, 3.8) is 0 Å². The third-order valence-corrected chi connectivity index (χ3v) is 7.92. The summed E-state index contributed by atoms with van der Waals surface area (Å²) < 4.78 is 12.0. The predicted molar refractivity (Wildman–Crippen MR) is 185 cm³/mol. The highest BCUT2D eigenvalue weighted by atomic mass is 16.5. The van der Waals surface area contributed by atoms with E-state index in [1.54, 1.807) is 36.4 Å². The van der Waals surface area contributed by atoms with Crippen molar-refractivity contribution in [2.24, 2.45) is 0 Å². The Balaban J connectivity index is 1.92. The van der Waals surface area contributed by atoms with Gasteiger partial charge in [-0.1, -0.05) is 53.4 Å². The first-order chi connectivity index (χ1) is 23.1. The number of nitrogens with zero attached hydrogens (tertiary/aromatic N) is 2. The molecular weight excluding hydrogens is 612 g/mol. The van der Waals surface area contributed by atoms with E-state index in [0.29, 0.717) is 43.1 Å². The molecule has 48 heavy (non-hydrogen) atoms. The average Bonchev–Trinajstić information content (AvgIpc) is 3.09. The van der Waals surface area contributed by atoms with Crippen molar-refractivity contribution < 1.29 is 38.9 Å². The van der Waals surface area contributed by atoms with E-state index in [1.165, 1.54) is 18.2 Å². The van der Waals surface area contributed by atoms with Crippen LogP contribution in [0.4, 0.5) is 0 Å². The summed E-state index contributed by atoms with van der Waals surface area (Å²) in [5.74, 6) is -2.99. The van der Waals surface area contributed by atoms with Crippen LogP contribution in [0.2, 0.25) is 0 Å². The molecule has 0 spiro atoms. The van der Waals surface area contributed by atoms with E-state index >= 15 is 0 Å². The fourth-order valence-corrected chi connectivity index (χ4v) is 5.10. The molecule has 258 valence electrons. The second-order valence-electron chi connectivity index (χ2n) is 11.7. The number of amides is 2. The highest BCUT2D eigenvalue weighted by Gasteiger charge is 2.27. The molecule has 0 unspecified atom stereocenters. The van der Waals surface area contributed by atoms with Crippen LogP contribution < -0.4 is 9.47 Å². The van der Waals surface area contributed by atoms with Crippen LogP contribution in [0.1, 0.15) is 120 Å². The molecule has 0 aromatic heterocycles. The average molecular weight is 661 g/mol. The molecule has 10 nitrogen and oxygen atoms in total. The van der Waals surface area contributed by atoms with Crippen molar-refractivity contribution in [3.8, 4) is 23.0 Å². The highest BCUT2D eigenvalue weighted by molar-refractivity contribution is 6.04. The molecule has 2 amide bonds. The van der Waals surface area contributed by atoms with Gasteiger partial charge in [0.1, 0.15) is 17.1 Å². The Morgan fingerprint density at radius 3 is 1.29 bits per heavy atom. The molecule has 0 fully saturated rings. The first-order valence-corrected chi connectivity index (χ1v) is 16.9. The van der Waals surface area contributed by atoms with Gasteiger partial charge in [0.2, 0.25) is 0 Å². The second kappa shape index (κ2) is 19.1. The monoisotopic (exact) mass is 660 g/mol. The molecule has 3 aromatic carbocycles. The van der Waals surface area contributed by atoms with Gasteiger partial charge in [0.05, 0.1) is 5.56 Å². The molecular formula is C38H48N2O8. The van der Waals surface area contributed by atoms with Gasteiger partial charge >= 0.3 is 11.9 Å². The van der Waals surface area contributed by atoms with E-state index in [0.717, 1.165) is 57.4 Å². The summed E-state index contributed by atoms with van der Waals surface area (Å²) in [7, 11) is 0. The molecule has 0 saturated heterocycles. The lowest BCUT2D eigenvalue weighted by Gasteiger charge is -2.23. The highest BCUT2D eigenvalue weighted by Crippen LogP contribution is 2.40. The Morgan fingerprint density at radius 2 is 0.938 bits per heavy atom. The van der Waals surface area contributed by atoms with E-state index in [4.69, 9.17) is 9.47 Å². The third kappa shape index (κ3) is 10.3. The first-order valence-electron chi connectivity index (χ1n) is 16.9. The summed E-state index contributed by atoms with van der Waals surface area (Å²) in [4.78, 5) is 54.5. The van der Waals surface area contributed by atoms with Crippen LogP contribution >= 0.6 is 0 Å². The molecule has 0 atom stereocenters. The van der Waals surface area contributed by atoms with Crippen molar-refractivity contribution >= 4 is 23.8 Å². The van der Waals surface area contributed by atoms with Crippen LogP contribution in [-0.2, 0) is 0 Å². The number of carbonyl (C=O) groups excluding carboxylic acids is 2. The number of unbranched alkanes of at least 4 members (excludes halogenated alkanes) is 4. The maximum Gasteiger partial charge on any atom is 0.340 e. The number of ether oxygens (including phenoxy) is 2. The number of hydrogen-bond acceptors (Lipinski definition) is 6. The number of aromatic carboxylic acids is 2. The third-order valence-electron chi connectivity index (χ3n) is 7.92. The van der Waals surface area contributed by atoms with Crippen molar-refractivity contribution in [1.29, 1.82) is 0 Å². The lowest BCUT2D eigenvalue weighted by Crippen LogP contribution is -2.32. The van der Waals surface area contributed by atoms with Crippen molar-refractivity contribution in [2.75, 3.05) is 26.2 Å². The zero-order valence-corrected chi connectivity index (χ0v) is 28.5. The van der Waals surface area contributed by atoms with Gasteiger partial charge < -0.3 is 29.5 Å². The van der Waals surface area contributed by atoms with Crippen LogP contribution in [-0.4, -0.2) is 69.9 Å². The minimum atomic E-state index is -1.51. The molecule has 0 heterocycles. The van der Waals surface area contributed by atoms with Crippen LogP contribution in [0.25, 0.3) is 0 Å². The van der Waals surface area contributed by atoms with E-state index < -0.39 is 23.1 Å². The van der Waals surface area contributed by atoms with E-state index in [1.807, 2.05) is 9.80 Å². The van der Waals surface area contributed by atoms with Gasteiger partial charge in [0.25, 0.3) is 11.8 Å². The van der Waals surface area contributed by atoms with Gasteiger partial charge in [-0.3, -0.25) is 9.59 Å². The van der Waals surface area contributed by atoms with Crippen LogP contribution in [0.5, 0.6) is 23.0 Å². The number of benzene rings is 3. The SMILES string of the molecule is CCCCN(CCCC)C(=O)c1ccc(Oc2ccc(C(=O)O)c(C(=O)O)c2Oc2ccc(C(=O)N(CCCC)CCCC)cc2)cc1. The molecule has 3 aromatic rings. The van der Waals surface area contributed by atoms with E-state index in [2.05, 4.69) is 27.7 Å². The molecule has 0 bridgehead atoms. The fraction of sp³-hybridized carbons (Fsp3) is 0.421. The molecule has 0 aliphatic heterocycles. The second-order valence-corrected chi connectivity index (χ2v) is 11.7. The lowest BCUT2D eigenvalue weighted by molar-refractivity contribution is 0.0648. The molecule has 2 N–H and O–H groups in total. The van der Waals surface area contributed by atoms with Crippen LogP contribution in [0, 0.1) is 0 Å². The Morgan fingerprint density at radius 1 is 0.542 bits per heavy atom. The van der Waals surface area contributed by atoms with Gasteiger partial charge in [-0.25, -0.2) is 9.59 Å². The van der Waals surface area contributed by atoms with Crippen molar-refractivity contribution in [3.05, 3.63) is 82.9 Å². The molecule has 0 aliphatic rings. The van der Waals surface area contributed by atoms with Gasteiger partial charge in [0.15, 0.2) is 11.5 Å². The first kappa shape index (κ1) is 37.6. The van der Waals surface area contributed by atoms with Crippen LogP contribution in [0.15, 0.2) is 60.7 Å². The van der Waals surface area contributed by atoms with Crippen LogP contribution in [0.3, 0.4) is 0 Å². The number of carboxylic acid groups (broad SMARTS) is 2.